The van der Waals surface area contributed by atoms with Crippen LogP contribution in [0.1, 0.15) is 16.1 Å². The number of rotatable bonds is 3. The Morgan fingerprint density at radius 1 is 1.22 bits per heavy atom. The molecular formula is C13H9F2NO2. The Balaban J connectivity index is 2.52. The normalized spacial score (nSPS) is 10.2. The number of ketones is 1. The second kappa shape index (κ2) is 4.91. The van der Waals surface area contributed by atoms with Crippen molar-refractivity contribution in [2.45, 2.75) is 0 Å². The smallest absolute Gasteiger partial charge is 0.218 e. The van der Waals surface area contributed by atoms with Gasteiger partial charge in [-0.3, -0.25) is 4.79 Å². The monoisotopic (exact) mass is 249 g/mol. The molecule has 0 aliphatic carbocycles. The molecule has 3 nitrogen and oxygen atoms in total. The number of halogens is 2. The van der Waals surface area contributed by atoms with Crippen LogP contribution in [0.2, 0.25) is 0 Å². The van der Waals surface area contributed by atoms with Crippen LogP contribution in [0.3, 0.4) is 0 Å². The molecule has 5 heteroatoms. The topological polar surface area (TPSA) is 39.2 Å². The van der Waals surface area contributed by atoms with Gasteiger partial charge in [0.15, 0.2) is 17.3 Å². The number of benzene rings is 1. The van der Waals surface area contributed by atoms with Crippen molar-refractivity contribution in [1.82, 2.24) is 4.98 Å². The minimum absolute atomic E-state index is 0.0514. The van der Waals surface area contributed by atoms with Crippen molar-refractivity contribution in [1.29, 1.82) is 0 Å². The number of ether oxygens (including phenoxy) is 1. The third-order valence-electron chi connectivity index (χ3n) is 2.40. The molecule has 0 atom stereocenters. The molecular weight excluding hydrogens is 240 g/mol. The average Bonchev–Trinajstić information content (AvgIpc) is 2.41. The van der Waals surface area contributed by atoms with Crippen molar-refractivity contribution in [3.05, 3.63) is 59.4 Å². The second-order valence-corrected chi connectivity index (χ2v) is 3.48. The highest BCUT2D eigenvalue weighted by Crippen LogP contribution is 2.21. The fourth-order valence-electron chi connectivity index (χ4n) is 1.53. The number of hydrogen-bond acceptors (Lipinski definition) is 3. The Kier molecular flexibility index (Phi) is 3.32. The van der Waals surface area contributed by atoms with Gasteiger partial charge in [-0.15, -0.1) is 0 Å². The van der Waals surface area contributed by atoms with Crippen molar-refractivity contribution in [3.63, 3.8) is 0 Å². The Labute approximate surface area is 102 Å². The number of hydrogen-bond donors (Lipinski definition) is 0. The predicted molar refractivity (Wildman–Crippen MR) is 60.6 cm³/mol. The summed E-state index contributed by atoms with van der Waals surface area (Å²) in [4.78, 5) is 15.9. The van der Waals surface area contributed by atoms with E-state index < -0.39 is 17.4 Å². The van der Waals surface area contributed by atoms with Crippen molar-refractivity contribution < 1.29 is 18.3 Å². The van der Waals surface area contributed by atoms with Crippen LogP contribution < -0.4 is 4.74 Å². The van der Waals surface area contributed by atoms with Crippen molar-refractivity contribution in [2.75, 3.05) is 7.11 Å². The molecule has 0 amide bonds. The number of carbonyl (C=O) groups is 1. The maximum atomic E-state index is 13.5. The molecule has 0 bridgehead atoms. The van der Waals surface area contributed by atoms with Gasteiger partial charge in [0.1, 0.15) is 5.75 Å². The van der Waals surface area contributed by atoms with Gasteiger partial charge in [-0.25, -0.2) is 13.8 Å². The quantitative estimate of drug-likeness (QED) is 0.785. The summed E-state index contributed by atoms with van der Waals surface area (Å²) in [5.74, 6) is -2.76. The van der Waals surface area contributed by atoms with Crippen molar-refractivity contribution >= 4 is 5.78 Å². The number of nitrogens with zero attached hydrogens (tertiary/aromatic N) is 1. The van der Waals surface area contributed by atoms with Gasteiger partial charge in [-0.1, -0.05) is 6.07 Å². The summed E-state index contributed by atoms with van der Waals surface area (Å²) < 4.78 is 31.5. The van der Waals surface area contributed by atoms with Crippen molar-refractivity contribution in [2.24, 2.45) is 0 Å². The summed E-state index contributed by atoms with van der Waals surface area (Å²) in [6, 6.07) is 6.52. The molecule has 0 unspecified atom stereocenters. The summed E-state index contributed by atoms with van der Waals surface area (Å²) in [7, 11) is 1.37. The summed E-state index contributed by atoms with van der Waals surface area (Å²) >= 11 is 0. The van der Waals surface area contributed by atoms with Crippen LogP contribution in [-0.2, 0) is 0 Å². The first-order valence-electron chi connectivity index (χ1n) is 5.13. The third-order valence-corrected chi connectivity index (χ3v) is 2.40. The van der Waals surface area contributed by atoms with E-state index in [9.17, 15) is 13.6 Å². The van der Waals surface area contributed by atoms with E-state index in [2.05, 4.69) is 4.98 Å². The lowest BCUT2D eigenvalue weighted by Gasteiger charge is -2.06. The van der Waals surface area contributed by atoms with Gasteiger partial charge >= 0.3 is 0 Å². The highest BCUT2D eigenvalue weighted by Gasteiger charge is 2.20. The molecule has 0 saturated heterocycles. The highest BCUT2D eigenvalue weighted by atomic mass is 19.2. The maximum absolute atomic E-state index is 13.5. The van der Waals surface area contributed by atoms with Crippen LogP contribution in [0.25, 0.3) is 0 Å². The number of pyridine rings is 1. The van der Waals surface area contributed by atoms with Crippen LogP contribution in [0, 0.1) is 11.6 Å². The molecule has 0 radical (unpaired) electrons. The molecule has 0 fully saturated rings. The Bertz CT molecular complexity index is 599. The van der Waals surface area contributed by atoms with E-state index in [0.29, 0.717) is 0 Å². The lowest BCUT2D eigenvalue weighted by molar-refractivity contribution is 0.102. The zero-order valence-electron chi connectivity index (χ0n) is 9.48. The number of methoxy groups -OCH3 is 1. The molecule has 2 rings (SSSR count). The number of carbonyl (C=O) groups excluding carboxylic acids is 1. The van der Waals surface area contributed by atoms with Crippen LogP contribution in [0.4, 0.5) is 8.78 Å². The Hall–Kier alpha value is -2.30. The van der Waals surface area contributed by atoms with E-state index in [0.717, 1.165) is 6.07 Å². The fraction of sp³-hybridized carbons (Fsp3) is 0.0769. The van der Waals surface area contributed by atoms with Gasteiger partial charge < -0.3 is 4.74 Å². The number of aromatic nitrogens is 1. The molecule has 0 aliphatic heterocycles. The van der Waals surface area contributed by atoms with Gasteiger partial charge in [-0.2, -0.15) is 0 Å². The molecule has 18 heavy (non-hydrogen) atoms. The summed E-state index contributed by atoms with van der Waals surface area (Å²) in [6.07, 6.45) is 1.38. The van der Waals surface area contributed by atoms with Crippen LogP contribution in [0.15, 0.2) is 36.5 Å². The zero-order valence-corrected chi connectivity index (χ0v) is 9.48. The second-order valence-electron chi connectivity index (χ2n) is 3.48. The van der Waals surface area contributed by atoms with Crippen molar-refractivity contribution in [3.8, 4) is 5.75 Å². The van der Waals surface area contributed by atoms with E-state index in [4.69, 9.17) is 4.74 Å². The lowest BCUT2D eigenvalue weighted by Crippen LogP contribution is -2.09. The summed E-state index contributed by atoms with van der Waals surface area (Å²) in [5.41, 5.74) is -0.420. The highest BCUT2D eigenvalue weighted by molar-refractivity contribution is 6.09. The van der Waals surface area contributed by atoms with Crippen LogP contribution >= 0.6 is 0 Å². The molecule has 1 heterocycles. The maximum Gasteiger partial charge on any atom is 0.218 e. The Morgan fingerprint density at radius 2 is 2.00 bits per heavy atom. The van der Waals surface area contributed by atoms with E-state index >= 15 is 0 Å². The van der Waals surface area contributed by atoms with Gasteiger partial charge in [0.05, 0.1) is 12.7 Å². The van der Waals surface area contributed by atoms with Crippen LogP contribution in [0.5, 0.6) is 5.75 Å². The first-order valence-corrected chi connectivity index (χ1v) is 5.13. The van der Waals surface area contributed by atoms with E-state index in [-0.39, 0.29) is 17.0 Å². The molecule has 0 N–H and O–H groups in total. The SMILES string of the molecule is COc1cccnc1C(=O)c1cccc(F)c1F. The fourth-order valence-corrected chi connectivity index (χ4v) is 1.53. The zero-order chi connectivity index (χ0) is 13.1. The average molecular weight is 249 g/mol. The van der Waals surface area contributed by atoms with E-state index in [1.807, 2.05) is 0 Å². The van der Waals surface area contributed by atoms with Gasteiger partial charge in [0.2, 0.25) is 5.78 Å². The summed E-state index contributed by atoms with van der Waals surface area (Å²) in [6.45, 7) is 0. The van der Waals surface area contributed by atoms with Gasteiger partial charge in [0.25, 0.3) is 0 Å². The molecule has 92 valence electrons. The summed E-state index contributed by atoms with van der Waals surface area (Å²) in [5, 5.41) is 0. The molecule has 0 aliphatic rings. The van der Waals surface area contributed by atoms with E-state index in [1.165, 1.54) is 31.5 Å². The van der Waals surface area contributed by atoms with Gasteiger partial charge in [-0.05, 0) is 24.3 Å². The first kappa shape index (κ1) is 12.2. The molecule has 1 aromatic carbocycles. The van der Waals surface area contributed by atoms with Gasteiger partial charge in [0, 0.05) is 6.20 Å². The molecule has 0 spiro atoms. The molecule has 0 saturated carbocycles. The predicted octanol–water partition coefficient (Wildman–Crippen LogP) is 2.60. The molecule has 2 aromatic rings. The largest absolute Gasteiger partial charge is 0.494 e. The minimum Gasteiger partial charge on any atom is -0.494 e. The Morgan fingerprint density at radius 3 is 2.72 bits per heavy atom. The molecule has 1 aromatic heterocycles. The minimum atomic E-state index is -1.18. The van der Waals surface area contributed by atoms with Crippen LogP contribution in [-0.4, -0.2) is 17.9 Å². The third kappa shape index (κ3) is 2.07. The first-order chi connectivity index (χ1) is 8.65. The van der Waals surface area contributed by atoms with E-state index in [1.54, 1.807) is 6.07 Å². The lowest BCUT2D eigenvalue weighted by atomic mass is 10.1. The standard InChI is InChI=1S/C13H9F2NO2/c1-18-10-6-3-7-16-12(10)13(17)8-4-2-5-9(14)11(8)15/h2-7H,1H3.